The number of nitrogen functional groups attached to an aromatic ring is 1. The van der Waals surface area contributed by atoms with Gasteiger partial charge in [-0.05, 0) is 13.0 Å². The molecule has 0 atom stereocenters. The Morgan fingerprint density at radius 3 is 2.91 bits per heavy atom. The van der Waals surface area contributed by atoms with Crippen molar-refractivity contribution >= 4 is 28.6 Å². The van der Waals surface area contributed by atoms with Gasteiger partial charge in [0.1, 0.15) is 23.3 Å². The molecule has 160 valence electrons. The molecular formula is C20H18N10O2. The van der Waals surface area contributed by atoms with Gasteiger partial charge in [0.2, 0.25) is 0 Å². The average Bonchev–Trinajstić information content (AvgIpc) is 3.36. The van der Waals surface area contributed by atoms with Crippen molar-refractivity contribution in [3.05, 3.63) is 42.4 Å². The number of carbonyl (C=O) groups is 1. The Labute approximate surface area is 181 Å². The molecule has 1 aliphatic rings. The molecule has 5 rings (SSSR count). The zero-order valence-electron chi connectivity index (χ0n) is 17.0. The van der Waals surface area contributed by atoms with Crippen LogP contribution in [0.15, 0.2) is 31.0 Å². The number of carboxylic acids is 1. The van der Waals surface area contributed by atoms with Gasteiger partial charge in [-0.3, -0.25) is 4.68 Å². The largest absolute Gasteiger partial charge is 0.476 e. The first-order chi connectivity index (χ1) is 15.4. The maximum Gasteiger partial charge on any atom is 0.356 e. The Morgan fingerprint density at radius 2 is 2.19 bits per heavy atom. The van der Waals surface area contributed by atoms with Gasteiger partial charge in [-0.25, -0.2) is 24.7 Å². The molecule has 4 N–H and O–H groups in total. The topological polar surface area (TPSA) is 176 Å². The van der Waals surface area contributed by atoms with Crippen molar-refractivity contribution in [1.29, 1.82) is 5.26 Å². The molecule has 0 aromatic carbocycles. The van der Waals surface area contributed by atoms with Gasteiger partial charge < -0.3 is 20.7 Å². The minimum atomic E-state index is -1.12. The summed E-state index contributed by atoms with van der Waals surface area (Å²) in [5.41, 5.74) is 7.90. The van der Waals surface area contributed by atoms with Gasteiger partial charge >= 0.3 is 5.97 Å². The number of hydrogen-bond donors (Lipinski definition) is 3. The molecule has 0 saturated carbocycles. The van der Waals surface area contributed by atoms with Gasteiger partial charge in [-0.2, -0.15) is 10.4 Å². The summed E-state index contributed by atoms with van der Waals surface area (Å²) in [7, 11) is 0. The van der Waals surface area contributed by atoms with E-state index in [1.807, 2.05) is 17.2 Å². The van der Waals surface area contributed by atoms with Gasteiger partial charge in [0.25, 0.3) is 0 Å². The monoisotopic (exact) mass is 430 g/mol. The number of H-pyrrole nitrogens is 1. The van der Waals surface area contributed by atoms with Crippen LogP contribution in [-0.2, 0) is 5.54 Å². The van der Waals surface area contributed by atoms with E-state index in [-0.39, 0.29) is 12.1 Å². The van der Waals surface area contributed by atoms with Crippen LogP contribution in [0.25, 0.3) is 22.3 Å². The van der Waals surface area contributed by atoms with E-state index in [9.17, 15) is 10.1 Å². The van der Waals surface area contributed by atoms with E-state index in [0.717, 1.165) is 5.39 Å². The van der Waals surface area contributed by atoms with Crippen molar-refractivity contribution in [2.75, 3.05) is 23.7 Å². The van der Waals surface area contributed by atoms with Gasteiger partial charge in [0.05, 0.1) is 35.6 Å². The van der Waals surface area contributed by atoms with Crippen molar-refractivity contribution in [3.8, 4) is 17.3 Å². The van der Waals surface area contributed by atoms with E-state index in [1.54, 1.807) is 17.8 Å². The summed E-state index contributed by atoms with van der Waals surface area (Å²) in [6.45, 7) is 2.50. The Bertz CT molecular complexity index is 1390. The molecule has 32 heavy (non-hydrogen) atoms. The predicted molar refractivity (Wildman–Crippen MR) is 114 cm³/mol. The number of aromatic amines is 1. The van der Waals surface area contributed by atoms with Crippen LogP contribution in [0.4, 0.5) is 11.6 Å². The second kappa shape index (κ2) is 7.02. The smallest absolute Gasteiger partial charge is 0.356 e. The quantitative estimate of drug-likeness (QED) is 0.418. The highest BCUT2D eigenvalue weighted by Gasteiger charge is 2.46. The van der Waals surface area contributed by atoms with Gasteiger partial charge in [-0.1, -0.05) is 0 Å². The fourth-order valence-corrected chi connectivity index (χ4v) is 4.04. The van der Waals surface area contributed by atoms with E-state index in [4.69, 9.17) is 10.8 Å². The highest BCUT2D eigenvalue weighted by Crippen LogP contribution is 2.38. The van der Waals surface area contributed by atoms with Crippen LogP contribution in [0.3, 0.4) is 0 Å². The minimum absolute atomic E-state index is 0.0806. The molecule has 0 amide bonds. The zero-order chi connectivity index (χ0) is 22.5. The fraction of sp³-hybridized carbons (Fsp3) is 0.250. The third-order valence-corrected chi connectivity index (χ3v) is 5.68. The average molecular weight is 430 g/mol. The molecular weight excluding hydrogens is 412 g/mol. The number of fused-ring (bicyclic) bond motifs is 1. The number of carboxylic acid groups (broad SMARTS) is 1. The van der Waals surface area contributed by atoms with E-state index >= 15 is 0 Å². The number of nitriles is 1. The molecule has 0 bridgehead atoms. The van der Waals surface area contributed by atoms with E-state index in [0.29, 0.717) is 47.3 Å². The van der Waals surface area contributed by atoms with Crippen LogP contribution in [0.1, 0.15) is 22.6 Å². The number of aromatic nitrogens is 7. The lowest BCUT2D eigenvalue weighted by molar-refractivity contribution is 0.0689. The number of aryl methyl sites for hydroxylation is 1. The molecule has 12 heteroatoms. The number of anilines is 2. The van der Waals surface area contributed by atoms with E-state index in [1.165, 1.54) is 12.5 Å². The fourth-order valence-electron chi connectivity index (χ4n) is 4.04. The van der Waals surface area contributed by atoms with Crippen LogP contribution >= 0.6 is 0 Å². The van der Waals surface area contributed by atoms with Crippen molar-refractivity contribution in [2.45, 2.75) is 18.9 Å². The Hall–Kier alpha value is -4.53. The van der Waals surface area contributed by atoms with Crippen molar-refractivity contribution in [3.63, 3.8) is 0 Å². The molecule has 12 nitrogen and oxygen atoms in total. The van der Waals surface area contributed by atoms with Crippen LogP contribution in [0.5, 0.6) is 0 Å². The van der Waals surface area contributed by atoms with E-state index < -0.39 is 11.5 Å². The van der Waals surface area contributed by atoms with Crippen LogP contribution in [0, 0.1) is 18.3 Å². The summed E-state index contributed by atoms with van der Waals surface area (Å²) in [5.74, 6) is -0.264. The molecule has 4 aromatic heterocycles. The van der Waals surface area contributed by atoms with Gasteiger partial charge in [0, 0.05) is 30.9 Å². The highest BCUT2D eigenvalue weighted by molar-refractivity contribution is 5.93. The number of hydrogen-bond acceptors (Lipinski definition) is 9. The van der Waals surface area contributed by atoms with Crippen LogP contribution < -0.4 is 10.6 Å². The first-order valence-electron chi connectivity index (χ1n) is 9.75. The SMILES string of the molecule is Cc1nc(N2CC(CC#N)(n3cc(-c4ncnc5[nH]ccc45)c(N)n3)C2)cnc1C(=O)O. The van der Waals surface area contributed by atoms with Crippen molar-refractivity contribution in [1.82, 2.24) is 34.7 Å². The second-order valence-corrected chi connectivity index (χ2v) is 7.72. The third kappa shape index (κ3) is 2.90. The van der Waals surface area contributed by atoms with Gasteiger partial charge in [-0.15, -0.1) is 0 Å². The normalized spacial score (nSPS) is 14.8. The molecule has 0 spiro atoms. The molecule has 0 aliphatic carbocycles. The van der Waals surface area contributed by atoms with Crippen molar-refractivity contribution < 1.29 is 9.90 Å². The molecule has 1 saturated heterocycles. The predicted octanol–water partition coefficient (Wildman–Crippen LogP) is 1.33. The number of nitrogens with one attached hydrogen (secondary N) is 1. The lowest BCUT2D eigenvalue weighted by Gasteiger charge is -2.49. The minimum Gasteiger partial charge on any atom is -0.476 e. The molecule has 4 aromatic rings. The summed E-state index contributed by atoms with van der Waals surface area (Å²) >= 11 is 0. The molecule has 5 heterocycles. The second-order valence-electron chi connectivity index (χ2n) is 7.72. The third-order valence-electron chi connectivity index (χ3n) is 5.68. The highest BCUT2D eigenvalue weighted by atomic mass is 16.4. The Balaban J connectivity index is 1.47. The molecule has 1 fully saturated rings. The molecule has 0 unspecified atom stereocenters. The summed E-state index contributed by atoms with van der Waals surface area (Å²) in [6.07, 6.45) is 6.70. The van der Waals surface area contributed by atoms with E-state index in [2.05, 4.69) is 36.1 Å². The number of rotatable bonds is 5. The Kier molecular flexibility index (Phi) is 4.26. The summed E-state index contributed by atoms with van der Waals surface area (Å²) in [4.78, 5) is 33.1. The summed E-state index contributed by atoms with van der Waals surface area (Å²) in [5, 5.41) is 24.0. The number of aromatic carboxylic acids is 1. The van der Waals surface area contributed by atoms with Crippen molar-refractivity contribution in [2.24, 2.45) is 0 Å². The van der Waals surface area contributed by atoms with Gasteiger partial charge in [0.15, 0.2) is 11.5 Å². The summed E-state index contributed by atoms with van der Waals surface area (Å²) in [6, 6.07) is 4.11. The maximum atomic E-state index is 11.2. The number of nitrogens with zero attached hydrogens (tertiary/aromatic N) is 8. The standard InChI is InChI=1S/C20H18N10O2/c1-11-15(19(31)32)24-6-14(27-11)29-8-20(9-29,3-4-21)30-7-13(17(22)28-30)16-12-2-5-23-18(12)26-10-25-16/h2,5-7,10H,3,8-9H2,1H3,(H2,22,28)(H,31,32)(H,23,25,26). The van der Waals surface area contributed by atoms with Crippen LogP contribution in [0.2, 0.25) is 0 Å². The Morgan fingerprint density at radius 1 is 1.38 bits per heavy atom. The first-order valence-corrected chi connectivity index (χ1v) is 9.75. The maximum absolute atomic E-state index is 11.2. The molecule has 1 aliphatic heterocycles. The lowest BCUT2D eigenvalue weighted by Crippen LogP contribution is -2.63. The lowest BCUT2D eigenvalue weighted by atomic mass is 9.87. The first kappa shape index (κ1) is 19.4. The summed E-state index contributed by atoms with van der Waals surface area (Å²) < 4.78 is 1.73. The van der Waals surface area contributed by atoms with Crippen LogP contribution in [-0.4, -0.2) is 58.9 Å². The number of nitrogens with two attached hydrogens (primary N) is 1. The molecule has 0 radical (unpaired) electrons. The zero-order valence-corrected chi connectivity index (χ0v) is 17.0.